The van der Waals surface area contributed by atoms with Crippen molar-refractivity contribution >= 4 is 17.5 Å². The van der Waals surface area contributed by atoms with Crippen LogP contribution in [-0.2, 0) is 6.54 Å². The number of hydrogen-bond acceptors (Lipinski definition) is 4. The highest BCUT2D eigenvalue weighted by atomic mass is 16.1. The minimum Gasteiger partial charge on any atom is -0.337 e. The van der Waals surface area contributed by atoms with Crippen molar-refractivity contribution in [1.29, 1.82) is 0 Å². The van der Waals surface area contributed by atoms with Crippen LogP contribution in [0, 0.1) is 6.92 Å². The third kappa shape index (κ3) is 4.99. The van der Waals surface area contributed by atoms with Crippen LogP contribution in [0.2, 0.25) is 0 Å². The van der Waals surface area contributed by atoms with E-state index in [1.165, 1.54) is 5.56 Å². The number of nitrogens with zero attached hydrogens (tertiary/aromatic N) is 3. The molecule has 0 bridgehead atoms. The average molecular weight is 389 g/mol. The molecule has 0 spiro atoms. The van der Waals surface area contributed by atoms with E-state index in [-0.39, 0.29) is 5.91 Å². The summed E-state index contributed by atoms with van der Waals surface area (Å²) < 4.78 is 0. The second-order valence-corrected chi connectivity index (χ2v) is 7.39. The summed E-state index contributed by atoms with van der Waals surface area (Å²) in [6, 6.07) is 17.9. The number of anilines is 2. The van der Waals surface area contributed by atoms with E-state index < -0.39 is 0 Å². The van der Waals surface area contributed by atoms with Gasteiger partial charge in [0.25, 0.3) is 5.91 Å². The lowest BCUT2D eigenvalue weighted by Crippen LogP contribution is -2.25. The number of amides is 1. The molecule has 0 atom stereocenters. The van der Waals surface area contributed by atoms with E-state index in [0.29, 0.717) is 24.1 Å². The number of hydrogen-bond donors (Lipinski definition) is 1. The molecule has 1 N–H and O–H groups in total. The van der Waals surface area contributed by atoms with Gasteiger partial charge >= 0.3 is 0 Å². The van der Waals surface area contributed by atoms with Crippen molar-refractivity contribution in [1.82, 2.24) is 9.97 Å². The molecule has 0 radical (unpaired) electrons. The van der Waals surface area contributed by atoms with E-state index >= 15 is 0 Å². The second kappa shape index (κ2) is 9.32. The molecule has 0 saturated carbocycles. The zero-order valence-corrected chi connectivity index (χ0v) is 17.5. The molecule has 5 heteroatoms. The first-order valence-corrected chi connectivity index (χ1v) is 10.0. The molecule has 0 saturated heterocycles. The fourth-order valence-electron chi connectivity index (χ4n) is 3.27. The maximum atomic E-state index is 12.9. The van der Waals surface area contributed by atoms with Gasteiger partial charge in [-0.05, 0) is 42.5 Å². The van der Waals surface area contributed by atoms with Crippen molar-refractivity contribution in [2.75, 3.05) is 16.8 Å². The van der Waals surface area contributed by atoms with Gasteiger partial charge < -0.3 is 10.2 Å². The molecule has 1 amide bonds. The summed E-state index contributed by atoms with van der Waals surface area (Å²) in [6.45, 7) is 9.74. The van der Waals surface area contributed by atoms with Crippen molar-refractivity contribution in [2.45, 2.75) is 40.2 Å². The minimum absolute atomic E-state index is 0.222. The molecule has 150 valence electrons. The Kier molecular flexibility index (Phi) is 6.60. The fourth-order valence-corrected chi connectivity index (χ4v) is 3.27. The number of benzene rings is 2. The summed E-state index contributed by atoms with van der Waals surface area (Å²) in [5, 5.41) is 3.06. The summed E-state index contributed by atoms with van der Waals surface area (Å²) in [5.41, 5.74) is 4.56. The van der Waals surface area contributed by atoms with Crippen molar-refractivity contribution in [2.24, 2.45) is 0 Å². The topological polar surface area (TPSA) is 58.1 Å². The van der Waals surface area contributed by atoms with Gasteiger partial charge in [0.15, 0.2) is 0 Å². The molecule has 3 aromatic rings. The van der Waals surface area contributed by atoms with E-state index in [1.54, 1.807) is 12.3 Å². The summed E-state index contributed by atoms with van der Waals surface area (Å²) >= 11 is 0. The van der Waals surface area contributed by atoms with Crippen molar-refractivity contribution < 1.29 is 4.79 Å². The van der Waals surface area contributed by atoms with Gasteiger partial charge in [0, 0.05) is 25.0 Å². The number of carbonyl (C=O) groups is 1. The van der Waals surface area contributed by atoms with Crippen molar-refractivity contribution in [3.63, 3.8) is 0 Å². The number of carbonyl (C=O) groups excluding carboxylic acids is 1. The molecule has 0 fully saturated rings. The Bertz CT molecular complexity index is 970. The van der Waals surface area contributed by atoms with Gasteiger partial charge in [-0.15, -0.1) is 0 Å². The van der Waals surface area contributed by atoms with Gasteiger partial charge in [0.2, 0.25) is 5.95 Å². The number of para-hydroxylation sites is 1. The Hall–Kier alpha value is -3.21. The van der Waals surface area contributed by atoms with Gasteiger partial charge in [-0.3, -0.25) is 4.79 Å². The van der Waals surface area contributed by atoms with Gasteiger partial charge in [0.05, 0.1) is 0 Å². The van der Waals surface area contributed by atoms with Crippen LogP contribution in [0.3, 0.4) is 0 Å². The van der Waals surface area contributed by atoms with Gasteiger partial charge in [0.1, 0.15) is 5.69 Å². The lowest BCUT2D eigenvalue weighted by atomic mass is 9.98. The molecule has 0 aliphatic carbocycles. The van der Waals surface area contributed by atoms with E-state index in [4.69, 9.17) is 0 Å². The quantitative estimate of drug-likeness (QED) is 0.605. The Morgan fingerprint density at radius 2 is 1.83 bits per heavy atom. The highest BCUT2D eigenvalue weighted by Crippen LogP contribution is 2.27. The normalized spacial score (nSPS) is 10.8. The van der Waals surface area contributed by atoms with Gasteiger partial charge in [-0.2, -0.15) is 0 Å². The van der Waals surface area contributed by atoms with Crippen LogP contribution in [0.4, 0.5) is 11.6 Å². The number of rotatable bonds is 7. The Morgan fingerprint density at radius 1 is 1.07 bits per heavy atom. The van der Waals surface area contributed by atoms with Crippen LogP contribution >= 0.6 is 0 Å². The van der Waals surface area contributed by atoms with Crippen LogP contribution in [-0.4, -0.2) is 22.4 Å². The Morgan fingerprint density at radius 3 is 2.52 bits per heavy atom. The maximum Gasteiger partial charge on any atom is 0.274 e. The number of nitrogens with one attached hydrogen (secondary N) is 1. The lowest BCUT2D eigenvalue weighted by Gasteiger charge is -2.21. The highest BCUT2D eigenvalue weighted by molar-refractivity contribution is 6.03. The summed E-state index contributed by atoms with van der Waals surface area (Å²) in [7, 11) is 0. The Labute approximate surface area is 172 Å². The van der Waals surface area contributed by atoms with E-state index in [1.807, 2.05) is 37.3 Å². The summed E-state index contributed by atoms with van der Waals surface area (Å²) in [6.07, 6.45) is 1.64. The highest BCUT2D eigenvalue weighted by Gasteiger charge is 2.16. The van der Waals surface area contributed by atoms with Crippen LogP contribution in [0.1, 0.15) is 53.9 Å². The van der Waals surface area contributed by atoms with Crippen LogP contribution in [0.25, 0.3) is 0 Å². The number of aryl methyl sites for hydroxylation is 1. The third-order valence-electron chi connectivity index (χ3n) is 4.92. The number of aromatic nitrogens is 2. The molecule has 0 aliphatic heterocycles. The smallest absolute Gasteiger partial charge is 0.274 e. The monoisotopic (exact) mass is 388 g/mol. The van der Waals surface area contributed by atoms with Crippen molar-refractivity contribution in [3.05, 3.63) is 83.2 Å². The van der Waals surface area contributed by atoms with Gasteiger partial charge in [-0.1, -0.05) is 62.4 Å². The minimum atomic E-state index is -0.222. The lowest BCUT2D eigenvalue weighted by molar-refractivity contribution is 0.102. The zero-order valence-electron chi connectivity index (χ0n) is 17.5. The largest absolute Gasteiger partial charge is 0.337 e. The van der Waals surface area contributed by atoms with Crippen LogP contribution in [0.5, 0.6) is 0 Å². The molecule has 1 heterocycles. The average Bonchev–Trinajstić information content (AvgIpc) is 2.74. The van der Waals surface area contributed by atoms with Crippen molar-refractivity contribution in [3.8, 4) is 0 Å². The summed E-state index contributed by atoms with van der Waals surface area (Å²) in [5.74, 6) is 0.645. The van der Waals surface area contributed by atoms with Crippen LogP contribution < -0.4 is 10.2 Å². The predicted octanol–water partition coefficient (Wildman–Crippen LogP) is 5.19. The van der Waals surface area contributed by atoms with E-state index in [2.05, 4.69) is 59.2 Å². The Balaban J connectivity index is 1.83. The molecule has 3 rings (SSSR count). The molecular formula is C24H28N4O. The standard InChI is InChI=1S/C24H28N4O/c1-5-28(16-19-11-7-6-8-12-19)24-25-15-14-21(26-24)23(29)27-22-18(4)10-9-13-20(22)17(2)3/h6-15,17H,5,16H2,1-4H3,(H,27,29). The van der Waals surface area contributed by atoms with E-state index in [0.717, 1.165) is 23.4 Å². The molecule has 0 unspecified atom stereocenters. The molecule has 1 aromatic heterocycles. The molecule has 5 nitrogen and oxygen atoms in total. The maximum absolute atomic E-state index is 12.9. The second-order valence-electron chi connectivity index (χ2n) is 7.39. The first-order valence-electron chi connectivity index (χ1n) is 10.0. The first kappa shape index (κ1) is 20.5. The molecule has 0 aliphatic rings. The summed E-state index contributed by atoms with van der Waals surface area (Å²) in [4.78, 5) is 23.9. The zero-order chi connectivity index (χ0) is 20.8. The van der Waals surface area contributed by atoms with Gasteiger partial charge in [-0.25, -0.2) is 9.97 Å². The first-order chi connectivity index (χ1) is 14.0. The molecule has 2 aromatic carbocycles. The molecule has 29 heavy (non-hydrogen) atoms. The van der Waals surface area contributed by atoms with Crippen LogP contribution in [0.15, 0.2) is 60.8 Å². The predicted molar refractivity (Wildman–Crippen MR) is 118 cm³/mol. The van der Waals surface area contributed by atoms with E-state index in [9.17, 15) is 4.79 Å². The third-order valence-corrected chi connectivity index (χ3v) is 4.92. The molecular weight excluding hydrogens is 360 g/mol. The SMILES string of the molecule is CCN(Cc1ccccc1)c1nccc(C(=O)Nc2c(C)cccc2C(C)C)n1. The fraction of sp³-hybridized carbons (Fsp3) is 0.292.